The molecule has 0 unspecified atom stereocenters. The Labute approximate surface area is 244 Å². The van der Waals surface area contributed by atoms with Crippen molar-refractivity contribution in [2.75, 3.05) is 11.3 Å². The molecule has 0 radical (unpaired) electrons. The van der Waals surface area contributed by atoms with Gasteiger partial charge in [-0.3, -0.25) is 24.1 Å². The van der Waals surface area contributed by atoms with Crippen LogP contribution in [0, 0.1) is 0 Å². The third-order valence-electron chi connectivity index (χ3n) is 5.90. The summed E-state index contributed by atoms with van der Waals surface area (Å²) in [5, 5.41) is 6.44. The first-order chi connectivity index (χ1) is 19.5. The molecule has 0 aliphatic carbocycles. The Morgan fingerprint density at radius 3 is 2.61 bits per heavy atom. The van der Waals surface area contributed by atoms with Gasteiger partial charge in [0.15, 0.2) is 11.0 Å². The molecule has 4 aromatic rings. The van der Waals surface area contributed by atoms with E-state index < -0.39 is 34.1 Å². The number of carbonyl (C=O) groups is 2. The van der Waals surface area contributed by atoms with Gasteiger partial charge in [0.2, 0.25) is 11.7 Å². The molecule has 0 saturated heterocycles. The highest BCUT2D eigenvalue weighted by atomic mass is 35.5. The Morgan fingerprint density at radius 1 is 1.12 bits per heavy atom. The number of rotatable bonds is 12. The molecule has 0 saturated carbocycles. The van der Waals surface area contributed by atoms with Crippen LogP contribution in [-0.4, -0.2) is 48.2 Å². The molecule has 214 valence electrons. The van der Waals surface area contributed by atoms with Gasteiger partial charge in [-0.15, -0.1) is 11.3 Å². The fourth-order valence-corrected chi connectivity index (χ4v) is 5.87. The molecule has 6 N–H and O–H groups in total. The highest BCUT2D eigenvalue weighted by Gasteiger charge is 2.24. The van der Waals surface area contributed by atoms with Crippen LogP contribution in [0.2, 0.25) is 5.02 Å². The number of Topliss-reactive ketones (excluding diaryl/α,β-unsaturated/α-hetero) is 1. The number of nitrogens with two attached hydrogens (primary N) is 2. The number of halogens is 1. The van der Waals surface area contributed by atoms with Crippen molar-refractivity contribution in [3.8, 4) is 0 Å². The van der Waals surface area contributed by atoms with Crippen LogP contribution in [-0.2, 0) is 21.4 Å². The lowest BCUT2D eigenvalue weighted by atomic mass is 10.1. The predicted octanol–water partition coefficient (Wildman–Crippen LogP) is 2.33. The summed E-state index contributed by atoms with van der Waals surface area (Å²) in [6, 6.07) is 11.3. The maximum atomic E-state index is 13.1. The number of anilines is 1. The lowest BCUT2D eigenvalue weighted by Crippen LogP contribution is -2.43. The van der Waals surface area contributed by atoms with Crippen molar-refractivity contribution in [3.63, 3.8) is 0 Å². The number of carbonyl (C=O) groups excluding carboxylic acids is 2. The number of pyridine rings is 1. The third kappa shape index (κ3) is 7.68. The summed E-state index contributed by atoms with van der Waals surface area (Å²) in [5.74, 6) is -1.10. The number of hydrogen-bond acceptors (Lipinski definition) is 8. The van der Waals surface area contributed by atoms with Gasteiger partial charge < -0.3 is 21.4 Å². The monoisotopic (exact) mass is 615 g/mol. The number of nitrogens with one attached hydrogen (secondary N) is 2. The van der Waals surface area contributed by atoms with E-state index in [1.54, 1.807) is 29.6 Å². The van der Waals surface area contributed by atoms with E-state index in [1.807, 2.05) is 0 Å². The van der Waals surface area contributed by atoms with Crippen LogP contribution >= 0.6 is 22.9 Å². The highest BCUT2D eigenvalue weighted by Crippen LogP contribution is 2.23. The number of sulfonamides is 1. The zero-order valence-corrected chi connectivity index (χ0v) is 23.9. The van der Waals surface area contributed by atoms with Gasteiger partial charge in [-0.05, 0) is 60.0 Å². The Kier molecular flexibility index (Phi) is 9.37. The van der Waals surface area contributed by atoms with Crippen molar-refractivity contribution < 1.29 is 18.0 Å². The molecule has 0 bridgehead atoms. The van der Waals surface area contributed by atoms with Gasteiger partial charge in [0.1, 0.15) is 12.2 Å². The summed E-state index contributed by atoms with van der Waals surface area (Å²) < 4.78 is 29.5. The number of nitrogens with zero attached hydrogens (tertiary/aromatic N) is 3. The molecule has 1 atom stereocenters. The molecule has 4 rings (SSSR count). The van der Waals surface area contributed by atoms with E-state index in [2.05, 4.69) is 20.0 Å². The molecule has 0 spiro atoms. The maximum absolute atomic E-state index is 13.1. The molecule has 1 amide bonds. The van der Waals surface area contributed by atoms with Crippen molar-refractivity contribution in [2.45, 2.75) is 30.3 Å². The van der Waals surface area contributed by atoms with Crippen LogP contribution in [0.3, 0.4) is 0 Å². The van der Waals surface area contributed by atoms with E-state index >= 15 is 0 Å². The van der Waals surface area contributed by atoms with Crippen molar-refractivity contribution in [1.82, 2.24) is 14.9 Å². The first-order valence-corrected chi connectivity index (χ1v) is 15.0. The van der Waals surface area contributed by atoms with E-state index in [0.717, 1.165) is 21.3 Å². The van der Waals surface area contributed by atoms with Crippen LogP contribution in [0.25, 0.3) is 10.8 Å². The number of aliphatic imine (C=N–C) groups is 1. The lowest BCUT2D eigenvalue weighted by molar-refractivity contribution is -0.122. The minimum atomic E-state index is -4.13. The van der Waals surface area contributed by atoms with E-state index in [4.69, 9.17) is 23.1 Å². The van der Waals surface area contributed by atoms with Crippen molar-refractivity contribution >= 4 is 67.1 Å². The molecular formula is C26H26ClN7O5S2. The first-order valence-electron chi connectivity index (χ1n) is 12.2. The highest BCUT2D eigenvalue weighted by molar-refractivity contribution is 7.92. The zero-order chi connectivity index (χ0) is 29.6. The normalized spacial score (nSPS) is 12.0. The standard InChI is InChI=1S/C26H26ClN7O5S2/c27-18-7-5-17-14-19(8-6-16(17)13-18)41(38,39)33-21-4-2-11-34(25(21)37)15-22(35)32-20(3-1-9-31-26(28)29)23(36)24-30-10-12-40-24/h2,4-8,10-14,20,33H,1,3,9,15H2,(H,32,35)(H4,28,29,31)/t20-/m0/s1. The lowest BCUT2D eigenvalue weighted by Gasteiger charge is -2.17. The molecule has 2 aromatic carbocycles. The summed E-state index contributed by atoms with van der Waals surface area (Å²) in [7, 11) is -4.13. The minimum absolute atomic E-state index is 0.0517. The molecule has 15 heteroatoms. The minimum Gasteiger partial charge on any atom is -0.370 e. The number of thiazole rings is 1. The van der Waals surface area contributed by atoms with Gasteiger partial charge in [0.05, 0.1) is 10.9 Å². The van der Waals surface area contributed by atoms with E-state index in [9.17, 15) is 22.8 Å². The molecule has 0 aliphatic rings. The van der Waals surface area contributed by atoms with Crippen LogP contribution in [0.15, 0.2) is 81.0 Å². The molecule has 2 heterocycles. The summed E-state index contributed by atoms with van der Waals surface area (Å²) in [5.41, 5.74) is 9.69. The second-order valence-corrected chi connectivity index (χ2v) is 11.9. The first kappa shape index (κ1) is 29.7. The summed E-state index contributed by atoms with van der Waals surface area (Å²) in [6.07, 6.45) is 3.46. The Hall–Kier alpha value is -4.27. The largest absolute Gasteiger partial charge is 0.370 e. The maximum Gasteiger partial charge on any atom is 0.275 e. The molecular weight excluding hydrogens is 590 g/mol. The summed E-state index contributed by atoms with van der Waals surface area (Å²) in [6.45, 7) is -0.201. The third-order valence-corrected chi connectivity index (χ3v) is 8.29. The number of ketones is 1. The second kappa shape index (κ2) is 12.9. The Bertz CT molecular complexity index is 1770. The topological polar surface area (TPSA) is 192 Å². The van der Waals surface area contributed by atoms with Gasteiger partial charge in [-0.2, -0.15) is 0 Å². The Balaban J connectivity index is 1.48. The van der Waals surface area contributed by atoms with E-state index in [1.165, 1.54) is 36.7 Å². The fourth-order valence-electron chi connectivity index (χ4n) is 3.97. The number of aromatic nitrogens is 2. The molecule has 41 heavy (non-hydrogen) atoms. The average molecular weight is 616 g/mol. The average Bonchev–Trinajstić information content (AvgIpc) is 3.47. The van der Waals surface area contributed by atoms with Gasteiger partial charge in [-0.1, -0.05) is 23.7 Å². The molecule has 0 aliphatic heterocycles. The molecule has 0 fully saturated rings. The van der Waals surface area contributed by atoms with Gasteiger partial charge >= 0.3 is 0 Å². The van der Waals surface area contributed by atoms with Crippen LogP contribution in [0.1, 0.15) is 22.6 Å². The second-order valence-electron chi connectivity index (χ2n) is 8.88. The summed E-state index contributed by atoms with van der Waals surface area (Å²) in [4.78, 5) is 46.7. The van der Waals surface area contributed by atoms with E-state index in [0.29, 0.717) is 16.8 Å². The number of hydrogen-bond donors (Lipinski definition) is 4. The van der Waals surface area contributed by atoms with Crippen molar-refractivity contribution in [3.05, 3.63) is 86.7 Å². The number of benzene rings is 2. The van der Waals surface area contributed by atoms with Crippen molar-refractivity contribution in [2.24, 2.45) is 16.5 Å². The number of guanidine groups is 1. The zero-order valence-electron chi connectivity index (χ0n) is 21.5. The summed E-state index contributed by atoms with van der Waals surface area (Å²) >= 11 is 7.14. The smallest absolute Gasteiger partial charge is 0.275 e. The molecule has 12 nitrogen and oxygen atoms in total. The van der Waals surface area contributed by atoms with Crippen LogP contribution in [0.5, 0.6) is 0 Å². The predicted molar refractivity (Wildman–Crippen MR) is 159 cm³/mol. The van der Waals surface area contributed by atoms with Crippen molar-refractivity contribution in [1.29, 1.82) is 0 Å². The van der Waals surface area contributed by atoms with Gasteiger partial charge in [0.25, 0.3) is 15.6 Å². The van der Waals surface area contributed by atoms with E-state index in [-0.39, 0.29) is 40.3 Å². The SMILES string of the molecule is NC(N)=NCCC[C@H](NC(=O)Cn1cccc(NS(=O)(=O)c2ccc3cc(Cl)ccc3c2)c1=O)C(=O)c1nccs1. The number of amides is 1. The fraction of sp³-hybridized carbons (Fsp3) is 0.192. The quantitative estimate of drug-likeness (QED) is 0.0807. The van der Waals surface area contributed by atoms with Crippen LogP contribution in [0.4, 0.5) is 5.69 Å². The van der Waals surface area contributed by atoms with Crippen LogP contribution < -0.4 is 27.1 Å². The van der Waals surface area contributed by atoms with Gasteiger partial charge in [-0.25, -0.2) is 13.4 Å². The molecule has 2 aromatic heterocycles. The Morgan fingerprint density at radius 2 is 1.88 bits per heavy atom. The van der Waals surface area contributed by atoms with Gasteiger partial charge in [0, 0.05) is 29.3 Å². The number of fused-ring (bicyclic) bond motifs is 1.